The summed E-state index contributed by atoms with van der Waals surface area (Å²) in [4.78, 5) is 28.8. The first-order chi connectivity index (χ1) is 13.0. The van der Waals surface area contributed by atoms with E-state index in [4.69, 9.17) is 0 Å². The Morgan fingerprint density at radius 1 is 0.815 bits per heavy atom. The van der Waals surface area contributed by atoms with E-state index in [1.807, 2.05) is 43.3 Å². The summed E-state index contributed by atoms with van der Waals surface area (Å²) in [6.45, 7) is 8.72. The summed E-state index contributed by atoms with van der Waals surface area (Å²) in [5, 5.41) is 0. The third-order valence-corrected chi connectivity index (χ3v) is 4.85. The lowest BCUT2D eigenvalue weighted by Gasteiger charge is -2.28. The SMILES string of the molecule is CCc1cccc(CC)c1N(CCC(=O)N(CC)c1ccccc1)C(C)=O. The topological polar surface area (TPSA) is 40.6 Å². The number of carbonyl (C=O) groups is 2. The third-order valence-electron chi connectivity index (χ3n) is 4.85. The number of hydrogen-bond acceptors (Lipinski definition) is 2. The van der Waals surface area contributed by atoms with Gasteiger partial charge in [-0.2, -0.15) is 0 Å². The van der Waals surface area contributed by atoms with Crippen LogP contribution in [0, 0.1) is 0 Å². The molecule has 0 spiro atoms. The Bertz CT molecular complexity index is 749. The lowest BCUT2D eigenvalue weighted by atomic mass is 10.0. The number of amides is 2. The van der Waals surface area contributed by atoms with Crippen molar-refractivity contribution in [1.29, 1.82) is 0 Å². The summed E-state index contributed by atoms with van der Waals surface area (Å²) in [5.74, 6) is 0.00291. The molecule has 0 aliphatic heterocycles. The second-order valence-electron chi connectivity index (χ2n) is 6.53. The molecule has 0 atom stereocenters. The van der Waals surface area contributed by atoms with E-state index in [1.165, 1.54) is 0 Å². The minimum Gasteiger partial charge on any atom is -0.313 e. The standard InChI is InChI=1S/C23H30N2O2/c1-5-19-12-11-13-20(6-2)23(19)25(18(4)26)17-16-22(27)24(7-3)21-14-9-8-10-15-21/h8-15H,5-7,16-17H2,1-4H3. The number of hydrogen-bond donors (Lipinski definition) is 0. The fourth-order valence-electron chi connectivity index (χ4n) is 3.44. The molecular weight excluding hydrogens is 336 g/mol. The van der Waals surface area contributed by atoms with Crippen LogP contribution < -0.4 is 9.80 Å². The number of para-hydroxylation sites is 2. The Balaban J connectivity index is 2.23. The Morgan fingerprint density at radius 3 is 1.89 bits per heavy atom. The second-order valence-corrected chi connectivity index (χ2v) is 6.53. The van der Waals surface area contributed by atoms with Gasteiger partial charge in [0.1, 0.15) is 0 Å². The number of carbonyl (C=O) groups excluding carboxylic acids is 2. The largest absolute Gasteiger partial charge is 0.313 e. The van der Waals surface area contributed by atoms with E-state index >= 15 is 0 Å². The fraction of sp³-hybridized carbons (Fsp3) is 0.391. The first-order valence-electron chi connectivity index (χ1n) is 9.77. The summed E-state index contributed by atoms with van der Waals surface area (Å²) in [6, 6.07) is 15.8. The van der Waals surface area contributed by atoms with E-state index in [9.17, 15) is 9.59 Å². The van der Waals surface area contributed by atoms with Crippen LogP contribution >= 0.6 is 0 Å². The number of benzene rings is 2. The molecule has 0 N–H and O–H groups in total. The maximum atomic E-state index is 12.8. The van der Waals surface area contributed by atoms with E-state index in [-0.39, 0.29) is 11.8 Å². The van der Waals surface area contributed by atoms with Crippen molar-refractivity contribution in [2.45, 2.75) is 47.0 Å². The summed E-state index contributed by atoms with van der Waals surface area (Å²) < 4.78 is 0. The molecule has 0 aliphatic carbocycles. The molecule has 0 heterocycles. The minimum absolute atomic E-state index is 0.0267. The highest BCUT2D eigenvalue weighted by Crippen LogP contribution is 2.27. The molecule has 4 heteroatoms. The fourth-order valence-corrected chi connectivity index (χ4v) is 3.44. The molecule has 2 amide bonds. The van der Waals surface area contributed by atoms with Gasteiger partial charge in [-0.25, -0.2) is 0 Å². The van der Waals surface area contributed by atoms with Gasteiger partial charge in [-0.05, 0) is 43.0 Å². The van der Waals surface area contributed by atoms with Crippen LogP contribution in [0.2, 0.25) is 0 Å². The molecule has 0 unspecified atom stereocenters. The Kier molecular flexibility index (Phi) is 7.59. The summed E-state index contributed by atoms with van der Waals surface area (Å²) in [6.07, 6.45) is 2.00. The molecule has 0 radical (unpaired) electrons. The molecule has 0 aliphatic rings. The molecule has 27 heavy (non-hydrogen) atoms. The Morgan fingerprint density at radius 2 is 1.41 bits per heavy atom. The molecule has 2 rings (SSSR count). The highest BCUT2D eigenvalue weighted by Gasteiger charge is 2.21. The molecular formula is C23H30N2O2. The lowest BCUT2D eigenvalue weighted by molar-refractivity contribution is -0.118. The zero-order valence-electron chi connectivity index (χ0n) is 16.9. The van der Waals surface area contributed by atoms with Crippen LogP contribution in [0.3, 0.4) is 0 Å². The predicted octanol–water partition coefficient (Wildman–Crippen LogP) is 4.61. The van der Waals surface area contributed by atoms with E-state index in [2.05, 4.69) is 26.0 Å². The number of aryl methyl sites for hydroxylation is 2. The molecule has 0 saturated carbocycles. The molecule has 2 aromatic rings. The number of nitrogens with zero attached hydrogens (tertiary/aromatic N) is 2. The van der Waals surface area contributed by atoms with E-state index in [1.54, 1.807) is 16.7 Å². The van der Waals surface area contributed by atoms with E-state index in [0.717, 1.165) is 35.3 Å². The van der Waals surface area contributed by atoms with Gasteiger partial charge in [0.05, 0.1) is 0 Å². The zero-order chi connectivity index (χ0) is 19.8. The Labute approximate surface area is 162 Å². The summed E-state index contributed by atoms with van der Waals surface area (Å²) in [7, 11) is 0. The van der Waals surface area contributed by atoms with Crippen LogP contribution in [0.1, 0.15) is 45.2 Å². The zero-order valence-corrected chi connectivity index (χ0v) is 16.9. The quantitative estimate of drug-likeness (QED) is 0.685. The van der Waals surface area contributed by atoms with Crippen LogP contribution in [-0.4, -0.2) is 24.9 Å². The van der Waals surface area contributed by atoms with Crippen molar-refractivity contribution in [2.24, 2.45) is 0 Å². The molecule has 2 aromatic carbocycles. The van der Waals surface area contributed by atoms with Crippen molar-refractivity contribution in [1.82, 2.24) is 0 Å². The smallest absolute Gasteiger partial charge is 0.228 e. The van der Waals surface area contributed by atoms with E-state index < -0.39 is 0 Å². The third kappa shape index (κ3) is 4.97. The van der Waals surface area contributed by atoms with Crippen molar-refractivity contribution < 1.29 is 9.59 Å². The normalized spacial score (nSPS) is 10.5. The van der Waals surface area contributed by atoms with Gasteiger partial charge >= 0.3 is 0 Å². The summed E-state index contributed by atoms with van der Waals surface area (Å²) >= 11 is 0. The van der Waals surface area contributed by atoms with Gasteiger partial charge in [0, 0.05) is 37.8 Å². The second kappa shape index (κ2) is 9.91. The molecule has 4 nitrogen and oxygen atoms in total. The molecule has 0 saturated heterocycles. The lowest BCUT2D eigenvalue weighted by Crippen LogP contribution is -2.37. The average Bonchev–Trinajstić information content (AvgIpc) is 2.69. The van der Waals surface area contributed by atoms with Crippen LogP contribution in [0.5, 0.6) is 0 Å². The summed E-state index contributed by atoms with van der Waals surface area (Å²) in [5.41, 5.74) is 4.16. The van der Waals surface area contributed by atoms with E-state index in [0.29, 0.717) is 19.5 Å². The maximum absolute atomic E-state index is 12.8. The maximum Gasteiger partial charge on any atom is 0.228 e. The van der Waals surface area contributed by atoms with Crippen LogP contribution in [0.25, 0.3) is 0 Å². The number of rotatable bonds is 8. The first kappa shape index (κ1) is 20.7. The minimum atomic E-state index is -0.0267. The van der Waals surface area contributed by atoms with Gasteiger partial charge in [0.2, 0.25) is 11.8 Å². The molecule has 0 aromatic heterocycles. The Hall–Kier alpha value is -2.62. The van der Waals surface area contributed by atoms with Gasteiger partial charge in [0.15, 0.2) is 0 Å². The van der Waals surface area contributed by atoms with Crippen LogP contribution in [0.4, 0.5) is 11.4 Å². The van der Waals surface area contributed by atoms with Crippen molar-refractivity contribution in [3.63, 3.8) is 0 Å². The molecule has 0 fully saturated rings. The molecule has 144 valence electrons. The molecule has 0 bridgehead atoms. The van der Waals surface area contributed by atoms with Crippen molar-refractivity contribution in [3.05, 3.63) is 59.7 Å². The van der Waals surface area contributed by atoms with Crippen molar-refractivity contribution in [3.8, 4) is 0 Å². The van der Waals surface area contributed by atoms with Gasteiger partial charge in [-0.15, -0.1) is 0 Å². The van der Waals surface area contributed by atoms with Crippen molar-refractivity contribution in [2.75, 3.05) is 22.9 Å². The van der Waals surface area contributed by atoms with Gasteiger partial charge < -0.3 is 9.80 Å². The highest BCUT2D eigenvalue weighted by molar-refractivity contribution is 5.97. The van der Waals surface area contributed by atoms with Crippen molar-refractivity contribution >= 4 is 23.2 Å². The average molecular weight is 367 g/mol. The van der Waals surface area contributed by atoms with Crippen LogP contribution in [0.15, 0.2) is 48.5 Å². The monoisotopic (exact) mass is 366 g/mol. The number of anilines is 2. The predicted molar refractivity (Wildman–Crippen MR) is 112 cm³/mol. The highest BCUT2D eigenvalue weighted by atomic mass is 16.2. The van der Waals surface area contributed by atoms with Gasteiger partial charge in [-0.3, -0.25) is 9.59 Å². The van der Waals surface area contributed by atoms with Crippen LogP contribution in [-0.2, 0) is 22.4 Å². The van der Waals surface area contributed by atoms with Gasteiger partial charge in [-0.1, -0.05) is 50.2 Å². The first-order valence-corrected chi connectivity index (χ1v) is 9.77. The van der Waals surface area contributed by atoms with Gasteiger partial charge in [0.25, 0.3) is 0 Å².